The van der Waals surface area contributed by atoms with E-state index < -0.39 is 9.62 Å². The van der Waals surface area contributed by atoms with Gasteiger partial charge in [0.2, 0.25) is 0 Å². The van der Waals surface area contributed by atoms with E-state index in [-0.39, 0.29) is 21.2 Å². The zero-order valence-corrected chi connectivity index (χ0v) is 11.3. The van der Waals surface area contributed by atoms with E-state index in [2.05, 4.69) is 0 Å². The molecule has 2 fully saturated rings. The third-order valence-corrected chi connectivity index (χ3v) is 7.22. The lowest BCUT2D eigenvalue weighted by atomic mass is 9.86. The fraction of sp³-hybridized carbons (Fsp3) is 0.308. The number of carbonyl (C=O) groups is 1. The first-order valence-electron chi connectivity index (χ1n) is 5.90. The lowest BCUT2D eigenvalue weighted by Crippen LogP contribution is -2.41. The number of fused-ring (bicyclic) bond motifs is 3. The van der Waals surface area contributed by atoms with Gasteiger partial charge in [0.1, 0.15) is 15.2 Å². The normalized spacial score (nSPS) is 41.1. The highest BCUT2D eigenvalue weighted by Crippen LogP contribution is 2.75. The first-order valence-corrected chi connectivity index (χ1v) is 7.66. The van der Waals surface area contributed by atoms with Crippen LogP contribution < -0.4 is 0 Å². The van der Waals surface area contributed by atoms with E-state index in [0.717, 1.165) is 0 Å². The highest BCUT2D eigenvalue weighted by Gasteiger charge is 2.86. The minimum atomic E-state index is -0.955. The summed E-state index contributed by atoms with van der Waals surface area (Å²) in [4.78, 5) is 22.7. The maximum atomic E-state index is 12.6. The molecule has 1 aromatic carbocycles. The largest absolute Gasteiger partial charge is 0.297 e. The smallest absolute Gasteiger partial charge is 0.292 e. The van der Waals surface area contributed by atoms with E-state index in [1.165, 1.54) is 23.5 Å². The van der Waals surface area contributed by atoms with Crippen molar-refractivity contribution in [2.75, 3.05) is 0 Å². The molecule has 1 aliphatic carbocycles. The Labute approximate surface area is 117 Å². The Morgan fingerprint density at radius 1 is 1.26 bits per heavy atom. The summed E-state index contributed by atoms with van der Waals surface area (Å²) < 4.78 is -0.700. The number of carbonyl (C=O) groups excluding carboxylic acids is 1. The zero-order valence-electron chi connectivity index (χ0n) is 9.68. The molecular weight excluding hydrogens is 282 g/mol. The summed E-state index contributed by atoms with van der Waals surface area (Å²) in [6, 6.07) is 9.03. The summed E-state index contributed by atoms with van der Waals surface area (Å²) >= 11 is 2.78. The Balaban J connectivity index is 1.72. The molecule has 4 nitrogen and oxygen atoms in total. The quantitative estimate of drug-likeness (QED) is 0.281. The van der Waals surface area contributed by atoms with Gasteiger partial charge in [-0.3, -0.25) is 14.9 Å². The molecule has 3 aliphatic rings. The van der Waals surface area contributed by atoms with Crippen LogP contribution in [0, 0.1) is 10.1 Å². The summed E-state index contributed by atoms with van der Waals surface area (Å²) in [7, 11) is 0. The van der Waals surface area contributed by atoms with Gasteiger partial charge in [0.05, 0.1) is 0 Å². The van der Waals surface area contributed by atoms with Crippen molar-refractivity contribution in [3.8, 4) is 0 Å². The Morgan fingerprint density at radius 3 is 2.68 bits per heavy atom. The van der Waals surface area contributed by atoms with Crippen LogP contribution in [0.3, 0.4) is 0 Å². The van der Waals surface area contributed by atoms with Crippen LogP contribution in [0.15, 0.2) is 42.5 Å². The molecule has 19 heavy (non-hydrogen) atoms. The molecule has 1 aromatic rings. The second-order valence-electron chi connectivity index (χ2n) is 4.89. The molecule has 0 saturated carbocycles. The van der Waals surface area contributed by atoms with Crippen molar-refractivity contribution < 1.29 is 9.72 Å². The minimum absolute atomic E-state index is 0.00785. The van der Waals surface area contributed by atoms with Crippen LogP contribution in [0.2, 0.25) is 0 Å². The monoisotopic (exact) mass is 291 g/mol. The van der Waals surface area contributed by atoms with Crippen LogP contribution in [0.1, 0.15) is 10.4 Å². The van der Waals surface area contributed by atoms with Crippen LogP contribution in [-0.2, 0) is 0 Å². The molecule has 0 aromatic heterocycles. The lowest BCUT2D eigenvalue weighted by molar-refractivity contribution is -0.523. The van der Waals surface area contributed by atoms with Crippen LogP contribution in [-0.4, -0.2) is 30.8 Å². The number of thioether (sulfide) groups is 2. The molecule has 96 valence electrons. The van der Waals surface area contributed by atoms with Crippen molar-refractivity contribution >= 4 is 29.3 Å². The van der Waals surface area contributed by atoms with E-state index in [9.17, 15) is 14.9 Å². The Morgan fingerprint density at radius 2 is 2.00 bits per heavy atom. The molecular formula is C13H9NO3S2. The summed E-state index contributed by atoms with van der Waals surface area (Å²) in [5.74, 6) is -0.00785. The highest BCUT2D eigenvalue weighted by molar-refractivity contribution is 8.14. The average molecular weight is 291 g/mol. The van der Waals surface area contributed by atoms with Crippen LogP contribution in [0.4, 0.5) is 0 Å². The van der Waals surface area contributed by atoms with Gasteiger partial charge in [-0.15, -0.1) is 11.8 Å². The van der Waals surface area contributed by atoms with Gasteiger partial charge >= 0.3 is 0 Å². The van der Waals surface area contributed by atoms with E-state index in [0.29, 0.717) is 5.56 Å². The van der Waals surface area contributed by atoms with Crippen molar-refractivity contribution in [3.63, 3.8) is 0 Å². The molecule has 0 spiro atoms. The van der Waals surface area contributed by atoms with Crippen molar-refractivity contribution in [2.24, 2.45) is 0 Å². The molecule has 0 N–H and O–H groups in total. The van der Waals surface area contributed by atoms with Gasteiger partial charge in [0.15, 0.2) is 5.78 Å². The van der Waals surface area contributed by atoms with E-state index in [4.69, 9.17) is 0 Å². The van der Waals surface area contributed by atoms with Crippen molar-refractivity contribution in [1.82, 2.24) is 0 Å². The molecule has 4 rings (SSSR count). The molecule has 2 aliphatic heterocycles. The maximum Gasteiger partial charge on any atom is 0.297 e. The summed E-state index contributed by atoms with van der Waals surface area (Å²) in [6.45, 7) is 0. The van der Waals surface area contributed by atoms with Crippen LogP contribution >= 0.6 is 23.5 Å². The van der Waals surface area contributed by atoms with E-state index in [1.807, 2.05) is 30.4 Å². The van der Waals surface area contributed by atoms with Crippen molar-refractivity contribution in [1.29, 1.82) is 0 Å². The number of hydrogen-bond acceptors (Lipinski definition) is 5. The number of benzene rings is 1. The topological polar surface area (TPSA) is 60.2 Å². The van der Waals surface area contributed by atoms with E-state index >= 15 is 0 Å². The van der Waals surface area contributed by atoms with E-state index in [1.54, 1.807) is 12.1 Å². The fourth-order valence-corrected chi connectivity index (χ4v) is 5.91. The van der Waals surface area contributed by atoms with Gasteiger partial charge in [0.25, 0.3) is 4.87 Å². The van der Waals surface area contributed by atoms with Crippen LogP contribution in [0.25, 0.3) is 0 Å². The molecule has 4 unspecified atom stereocenters. The first kappa shape index (κ1) is 11.5. The Bertz CT molecular complexity index is 632. The number of ketones is 1. The molecule has 0 bridgehead atoms. The molecule has 4 atom stereocenters. The summed E-state index contributed by atoms with van der Waals surface area (Å²) in [5, 5.41) is 11.0. The summed E-state index contributed by atoms with van der Waals surface area (Å²) in [5.41, 5.74) is 0.629. The SMILES string of the molecule is O=C(c1ccccc1)C12C=CC3SC3([N+](=O)[O-])C1S2. The van der Waals surface area contributed by atoms with Crippen LogP contribution in [0.5, 0.6) is 0 Å². The molecule has 2 saturated heterocycles. The molecule has 2 heterocycles. The predicted octanol–water partition coefficient (Wildman–Crippen LogP) is 2.38. The number of hydrogen-bond donors (Lipinski definition) is 0. The Kier molecular flexibility index (Phi) is 2.09. The van der Waals surface area contributed by atoms with Gasteiger partial charge in [-0.1, -0.05) is 54.2 Å². The van der Waals surface area contributed by atoms with Gasteiger partial charge in [-0.25, -0.2) is 0 Å². The first-order chi connectivity index (χ1) is 9.11. The third kappa shape index (κ3) is 1.31. The second kappa shape index (κ2) is 3.43. The van der Waals surface area contributed by atoms with Crippen molar-refractivity contribution in [3.05, 3.63) is 58.2 Å². The minimum Gasteiger partial charge on any atom is -0.292 e. The maximum absolute atomic E-state index is 12.6. The molecule has 0 radical (unpaired) electrons. The van der Waals surface area contributed by atoms with Gasteiger partial charge < -0.3 is 0 Å². The van der Waals surface area contributed by atoms with Gasteiger partial charge in [0, 0.05) is 10.5 Å². The third-order valence-electron chi connectivity index (χ3n) is 3.88. The lowest BCUT2D eigenvalue weighted by Gasteiger charge is -2.14. The molecule has 6 heteroatoms. The van der Waals surface area contributed by atoms with Gasteiger partial charge in [-0.2, -0.15) is 0 Å². The second-order valence-corrected chi connectivity index (χ2v) is 7.67. The van der Waals surface area contributed by atoms with Crippen molar-refractivity contribution in [2.45, 2.75) is 20.1 Å². The molecule has 0 amide bonds. The number of Topliss-reactive ketones (excluding diaryl/α,β-unsaturated/α-hetero) is 1. The number of rotatable bonds is 3. The standard InChI is InChI=1S/C13H9NO3S2/c15-10(8-4-2-1-3-5-8)12-7-6-9-13(18-9,14(16)17)11(12)19-12/h1-7,9,11H. The van der Waals surface area contributed by atoms with Gasteiger partial charge in [-0.05, 0) is 0 Å². The number of nitrogens with zero attached hydrogens (tertiary/aromatic N) is 1. The zero-order chi connectivity index (χ0) is 13.3. The average Bonchev–Trinajstić information content (AvgIpc) is 3.29. The Hall–Kier alpha value is -1.27. The predicted molar refractivity (Wildman–Crippen MR) is 75.1 cm³/mol. The fourth-order valence-electron chi connectivity index (χ4n) is 2.77. The number of nitro groups is 1. The summed E-state index contributed by atoms with van der Waals surface area (Å²) in [6.07, 6.45) is 3.72. The highest BCUT2D eigenvalue weighted by atomic mass is 32.2.